The van der Waals surface area contributed by atoms with Gasteiger partial charge in [0, 0.05) is 18.9 Å². The van der Waals surface area contributed by atoms with Crippen LogP contribution in [0.3, 0.4) is 0 Å². The van der Waals surface area contributed by atoms with E-state index in [9.17, 15) is 10.1 Å². The summed E-state index contributed by atoms with van der Waals surface area (Å²) in [5.41, 5.74) is 0.0499. The van der Waals surface area contributed by atoms with E-state index in [1.165, 1.54) is 19.3 Å². The van der Waals surface area contributed by atoms with Gasteiger partial charge in [-0.25, -0.2) is 0 Å². The van der Waals surface area contributed by atoms with Crippen molar-refractivity contribution in [2.75, 3.05) is 6.61 Å². The molecule has 3 nitrogen and oxygen atoms in total. The van der Waals surface area contributed by atoms with Gasteiger partial charge in [0.1, 0.15) is 5.78 Å². The first-order chi connectivity index (χ1) is 13.9. The molecule has 4 rings (SSSR count). The van der Waals surface area contributed by atoms with Crippen LogP contribution in [0, 0.1) is 51.8 Å². The van der Waals surface area contributed by atoms with Crippen LogP contribution in [-0.4, -0.2) is 18.5 Å². The Hall–Kier alpha value is -0.880. The standard InChI is InChI=1S/C22H33NO2.2C2H6/c1-4-25-16-8-5-14-6-9-17-18-10-7-15(13-23)21(18,2)12-19(24)20(17)22(14,3)11-16;2*1-2/h14-18,20H,4-12H2,1-3H3;2*1-2H3. The highest BCUT2D eigenvalue weighted by Crippen LogP contribution is 2.66. The molecule has 0 aliphatic heterocycles. The molecule has 0 N–H and O–H groups in total. The van der Waals surface area contributed by atoms with E-state index in [1.807, 2.05) is 27.7 Å². The lowest BCUT2D eigenvalue weighted by Crippen LogP contribution is -2.58. The molecule has 4 saturated carbocycles. The van der Waals surface area contributed by atoms with Crippen molar-refractivity contribution >= 4 is 5.78 Å². The summed E-state index contributed by atoms with van der Waals surface area (Å²) in [5.74, 6) is 2.53. The highest BCUT2D eigenvalue weighted by molar-refractivity contribution is 5.84. The third-order valence-corrected chi connectivity index (χ3v) is 8.81. The highest BCUT2D eigenvalue weighted by atomic mass is 16.5. The van der Waals surface area contributed by atoms with E-state index in [0.717, 1.165) is 32.3 Å². The molecule has 0 aromatic carbocycles. The van der Waals surface area contributed by atoms with Crippen molar-refractivity contribution in [3.05, 3.63) is 0 Å². The number of carbonyl (C=O) groups is 1. The van der Waals surface area contributed by atoms with Crippen molar-refractivity contribution < 1.29 is 9.53 Å². The van der Waals surface area contributed by atoms with E-state index in [0.29, 0.717) is 36.1 Å². The number of rotatable bonds is 2. The molecule has 4 aliphatic rings. The lowest BCUT2D eigenvalue weighted by molar-refractivity contribution is -0.163. The van der Waals surface area contributed by atoms with Crippen molar-refractivity contribution in [2.45, 2.75) is 106 Å². The second kappa shape index (κ2) is 9.95. The Balaban J connectivity index is 0.000000707. The van der Waals surface area contributed by atoms with Crippen LogP contribution in [-0.2, 0) is 9.53 Å². The van der Waals surface area contributed by atoms with Crippen molar-refractivity contribution in [3.8, 4) is 6.07 Å². The van der Waals surface area contributed by atoms with E-state index in [4.69, 9.17) is 4.74 Å². The fourth-order valence-corrected chi connectivity index (χ4v) is 7.72. The Bertz CT molecular complexity index is 596. The molecule has 0 radical (unpaired) electrons. The maximum absolute atomic E-state index is 13.4. The Morgan fingerprint density at radius 3 is 2.28 bits per heavy atom. The SMILES string of the molecule is CC.CC.CCOC1CCC2CCC3C4CCC(C#N)C4(C)CC(=O)C3C2(C)C1. The zero-order valence-corrected chi connectivity index (χ0v) is 20.1. The Morgan fingerprint density at radius 2 is 1.66 bits per heavy atom. The molecular formula is C26H45NO2. The fourth-order valence-electron chi connectivity index (χ4n) is 7.72. The maximum Gasteiger partial charge on any atom is 0.137 e. The van der Waals surface area contributed by atoms with Crippen LogP contribution in [0.4, 0.5) is 0 Å². The average molecular weight is 404 g/mol. The lowest BCUT2D eigenvalue weighted by atomic mass is 9.44. The molecule has 0 amide bonds. The van der Waals surface area contributed by atoms with Gasteiger partial charge in [-0.2, -0.15) is 5.26 Å². The molecule has 0 heterocycles. The quantitative estimate of drug-likeness (QED) is 0.509. The maximum atomic E-state index is 13.4. The third kappa shape index (κ3) is 4.04. The average Bonchev–Trinajstić information content (AvgIpc) is 3.06. The second-order valence-corrected chi connectivity index (χ2v) is 9.79. The van der Waals surface area contributed by atoms with Crippen LogP contribution in [0.1, 0.15) is 99.8 Å². The highest BCUT2D eigenvalue weighted by Gasteiger charge is 2.63. The first kappa shape index (κ1) is 24.4. The molecule has 0 aromatic rings. The number of fused-ring (bicyclic) bond motifs is 5. The first-order valence-electron chi connectivity index (χ1n) is 12.5. The number of Topliss-reactive ketones (excluding diaryl/α,β-unsaturated/α-hetero) is 1. The largest absolute Gasteiger partial charge is 0.378 e. The summed E-state index contributed by atoms with van der Waals surface area (Å²) in [7, 11) is 0. The number of hydrogen-bond donors (Lipinski definition) is 0. The molecule has 3 heteroatoms. The minimum absolute atomic E-state index is 0.0653. The van der Waals surface area contributed by atoms with Crippen LogP contribution >= 0.6 is 0 Å². The molecule has 8 atom stereocenters. The predicted molar refractivity (Wildman–Crippen MR) is 119 cm³/mol. The van der Waals surface area contributed by atoms with Gasteiger partial charge in [-0.05, 0) is 80.5 Å². The monoisotopic (exact) mass is 403 g/mol. The van der Waals surface area contributed by atoms with Gasteiger partial charge in [0.05, 0.1) is 18.1 Å². The zero-order chi connectivity index (χ0) is 21.8. The summed E-state index contributed by atoms with van der Waals surface area (Å²) in [6.45, 7) is 15.5. The topological polar surface area (TPSA) is 50.1 Å². The van der Waals surface area contributed by atoms with Gasteiger partial charge >= 0.3 is 0 Å². The first-order valence-corrected chi connectivity index (χ1v) is 12.5. The fraction of sp³-hybridized carbons (Fsp3) is 0.923. The van der Waals surface area contributed by atoms with Gasteiger partial charge in [-0.15, -0.1) is 0 Å². The number of nitrogens with zero attached hydrogens (tertiary/aromatic N) is 1. The minimum Gasteiger partial charge on any atom is -0.378 e. The van der Waals surface area contributed by atoms with Crippen LogP contribution < -0.4 is 0 Å². The van der Waals surface area contributed by atoms with Gasteiger partial charge in [-0.3, -0.25) is 4.79 Å². The molecule has 0 aromatic heterocycles. The van der Waals surface area contributed by atoms with Crippen molar-refractivity contribution in [1.29, 1.82) is 5.26 Å². The number of nitriles is 1. The third-order valence-electron chi connectivity index (χ3n) is 8.81. The van der Waals surface area contributed by atoms with Crippen LogP contribution in [0.25, 0.3) is 0 Å². The summed E-state index contributed by atoms with van der Waals surface area (Å²) in [6, 6.07) is 2.54. The van der Waals surface area contributed by atoms with Gasteiger partial charge in [-0.1, -0.05) is 41.5 Å². The van der Waals surface area contributed by atoms with Gasteiger partial charge in [0.25, 0.3) is 0 Å². The summed E-state index contributed by atoms with van der Waals surface area (Å²) in [6.07, 6.45) is 9.04. The Kier molecular flexibility index (Phi) is 8.37. The molecule has 0 saturated heterocycles. The molecule has 166 valence electrons. The van der Waals surface area contributed by atoms with Crippen LogP contribution in [0.15, 0.2) is 0 Å². The van der Waals surface area contributed by atoms with Gasteiger partial charge < -0.3 is 4.74 Å². The van der Waals surface area contributed by atoms with E-state index in [-0.39, 0.29) is 22.7 Å². The summed E-state index contributed by atoms with van der Waals surface area (Å²) in [4.78, 5) is 13.4. The van der Waals surface area contributed by atoms with E-state index in [2.05, 4.69) is 26.8 Å². The second-order valence-electron chi connectivity index (χ2n) is 9.79. The number of carbonyl (C=O) groups excluding carboxylic acids is 1. The molecule has 0 spiro atoms. The van der Waals surface area contributed by atoms with Crippen molar-refractivity contribution in [1.82, 2.24) is 0 Å². The predicted octanol–water partition coefficient (Wildman–Crippen LogP) is 6.81. The summed E-state index contributed by atoms with van der Waals surface area (Å²) in [5, 5.41) is 9.61. The van der Waals surface area contributed by atoms with Crippen molar-refractivity contribution in [2.24, 2.45) is 40.4 Å². The van der Waals surface area contributed by atoms with Crippen LogP contribution in [0.2, 0.25) is 0 Å². The molecular weight excluding hydrogens is 358 g/mol. The van der Waals surface area contributed by atoms with Crippen molar-refractivity contribution in [3.63, 3.8) is 0 Å². The molecule has 8 unspecified atom stereocenters. The number of ether oxygens (including phenoxy) is 1. The van der Waals surface area contributed by atoms with Gasteiger partial charge in [0.2, 0.25) is 0 Å². The normalized spacial score (nSPS) is 45.2. The number of hydrogen-bond acceptors (Lipinski definition) is 3. The van der Waals surface area contributed by atoms with Crippen LogP contribution in [0.5, 0.6) is 0 Å². The minimum atomic E-state index is -0.0653. The molecule has 29 heavy (non-hydrogen) atoms. The molecule has 4 fully saturated rings. The lowest BCUT2D eigenvalue weighted by Gasteiger charge is -2.59. The van der Waals surface area contributed by atoms with E-state index < -0.39 is 0 Å². The summed E-state index contributed by atoms with van der Waals surface area (Å²) < 4.78 is 6.00. The molecule has 0 bridgehead atoms. The smallest absolute Gasteiger partial charge is 0.137 e. The van der Waals surface area contributed by atoms with E-state index >= 15 is 0 Å². The Labute approximate surface area is 180 Å². The zero-order valence-electron chi connectivity index (χ0n) is 20.1. The Morgan fingerprint density at radius 1 is 1.00 bits per heavy atom. The van der Waals surface area contributed by atoms with Gasteiger partial charge in [0.15, 0.2) is 0 Å². The van der Waals surface area contributed by atoms with E-state index in [1.54, 1.807) is 0 Å². The number of ketones is 1. The molecule has 4 aliphatic carbocycles. The summed E-state index contributed by atoms with van der Waals surface area (Å²) >= 11 is 0.